The number of carbonyl (C=O) groups excluding carboxylic acids is 1. The molecular weight excluding hydrogens is 302 g/mol. The molecule has 0 saturated carbocycles. The number of ketones is 1. The van der Waals surface area contributed by atoms with Crippen LogP contribution in [0.5, 0.6) is 5.75 Å². The molecule has 1 N–H and O–H groups in total. The van der Waals surface area contributed by atoms with Crippen molar-refractivity contribution < 1.29 is 19.0 Å². The minimum atomic E-state index is -0.477. The Morgan fingerprint density at radius 3 is 2.41 bits per heavy atom. The maximum atomic E-state index is 12.3. The molecule has 0 bridgehead atoms. The van der Waals surface area contributed by atoms with Gasteiger partial charge >= 0.3 is 0 Å². The summed E-state index contributed by atoms with van der Waals surface area (Å²) in [5, 5.41) is 3.39. The monoisotopic (exact) mass is 325 g/mol. The second kappa shape index (κ2) is 8.41. The van der Waals surface area contributed by atoms with Crippen molar-refractivity contribution in [3.63, 3.8) is 0 Å². The number of hydrogen-bond donors (Lipinski definition) is 1. The van der Waals surface area contributed by atoms with Gasteiger partial charge in [-0.2, -0.15) is 11.8 Å². The Morgan fingerprint density at radius 2 is 1.86 bits per heavy atom. The fraction of sp³-hybridized carbons (Fsp3) is 0.562. The van der Waals surface area contributed by atoms with Gasteiger partial charge in [0.2, 0.25) is 0 Å². The van der Waals surface area contributed by atoms with Crippen molar-refractivity contribution in [3.05, 3.63) is 24.3 Å². The molecular formula is C16H23NO4S. The van der Waals surface area contributed by atoms with Gasteiger partial charge in [0.15, 0.2) is 6.29 Å². The van der Waals surface area contributed by atoms with Crippen LogP contribution in [0.15, 0.2) is 24.3 Å². The molecule has 1 aromatic carbocycles. The first-order valence-corrected chi connectivity index (χ1v) is 8.41. The molecule has 5 nitrogen and oxygen atoms in total. The lowest BCUT2D eigenvalue weighted by molar-refractivity contribution is -0.136. The number of methoxy groups -OCH3 is 3. The maximum Gasteiger partial charge on any atom is 0.177 e. The fourth-order valence-corrected chi connectivity index (χ4v) is 3.75. The van der Waals surface area contributed by atoms with Gasteiger partial charge in [0.25, 0.3) is 0 Å². The summed E-state index contributed by atoms with van der Waals surface area (Å²) in [6.07, 6.45) is 0.130. The predicted octanol–water partition coefficient (Wildman–Crippen LogP) is 2.42. The molecule has 1 heterocycles. The van der Waals surface area contributed by atoms with E-state index in [4.69, 9.17) is 14.2 Å². The average molecular weight is 325 g/mol. The van der Waals surface area contributed by atoms with Crippen LogP contribution in [0.1, 0.15) is 6.42 Å². The number of thioether (sulfide) groups is 1. The summed E-state index contributed by atoms with van der Waals surface area (Å²) in [5.74, 6) is 2.63. The molecule has 0 spiro atoms. The second-order valence-electron chi connectivity index (χ2n) is 5.14. The van der Waals surface area contributed by atoms with Crippen LogP contribution in [0.25, 0.3) is 0 Å². The third-order valence-corrected chi connectivity index (χ3v) is 4.91. The predicted molar refractivity (Wildman–Crippen MR) is 88.6 cm³/mol. The smallest absolute Gasteiger partial charge is 0.177 e. The van der Waals surface area contributed by atoms with Crippen LogP contribution in [0, 0.1) is 5.92 Å². The van der Waals surface area contributed by atoms with Crippen LogP contribution in [0.2, 0.25) is 0 Å². The Balaban J connectivity index is 2.17. The summed E-state index contributed by atoms with van der Waals surface area (Å²) in [4.78, 5) is 12.3. The Hall–Kier alpha value is -1.24. The van der Waals surface area contributed by atoms with Crippen molar-refractivity contribution in [3.8, 4) is 5.75 Å². The Labute approximate surface area is 135 Å². The summed E-state index contributed by atoms with van der Waals surface area (Å²) in [6, 6.07) is 7.39. The summed E-state index contributed by atoms with van der Waals surface area (Å²) in [5.41, 5.74) is 0.910. The van der Waals surface area contributed by atoms with Crippen molar-refractivity contribution in [2.45, 2.75) is 18.8 Å². The molecule has 0 radical (unpaired) electrons. The number of rotatable bonds is 7. The van der Waals surface area contributed by atoms with Gasteiger partial charge in [0, 0.05) is 37.8 Å². The number of benzene rings is 1. The van der Waals surface area contributed by atoms with Crippen LogP contribution in [-0.2, 0) is 14.3 Å². The highest BCUT2D eigenvalue weighted by Gasteiger charge is 2.36. The topological polar surface area (TPSA) is 56.8 Å². The van der Waals surface area contributed by atoms with Crippen molar-refractivity contribution in [1.82, 2.24) is 0 Å². The van der Waals surface area contributed by atoms with Gasteiger partial charge in [0.1, 0.15) is 11.5 Å². The molecule has 122 valence electrons. The minimum absolute atomic E-state index is 0.120. The van der Waals surface area contributed by atoms with E-state index < -0.39 is 6.29 Å². The molecule has 22 heavy (non-hydrogen) atoms. The van der Waals surface area contributed by atoms with Gasteiger partial charge < -0.3 is 19.5 Å². The van der Waals surface area contributed by atoms with E-state index in [1.165, 1.54) is 0 Å². The first-order valence-electron chi connectivity index (χ1n) is 7.26. The average Bonchev–Trinajstić information content (AvgIpc) is 2.56. The number of carbonyl (C=O) groups is 1. The Kier molecular flexibility index (Phi) is 6.54. The fourth-order valence-electron chi connectivity index (χ4n) is 2.59. The number of hydrogen-bond acceptors (Lipinski definition) is 6. The van der Waals surface area contributed by atoms with E-state index in [0.29, 0.717) is 6.42 Å². The van der Waals surface area contributed by atoms with Gasteiger partial charge in [-0.3, -0.25) is 4.79 Å². The van der Waals surface area contributed by atoms with Gasteiger partial charge in [0.05, 0.1) is 19.1 Å². The molecule has 1 aliphatic heterocycles. The maximum absolute atomic E-state index is 12.3. The molecule has 2 rings (SSSR count). The van der Waals surface area contributed by atoms with E-state index in [1.54, 1.807) is 33.1 Å². The lowest BCUT2D eigenvalue weighted by Gasteiger charge is -2.34. The third-order valence-electron chi connectivity index (χ3n) is 3.82. The highest BCUT2D eigenvalue weighted by atomic mass is 32.2. The van der Waals surface area contributed by atoms with Gasteiger partial charge in [-0.1, -0.05) is 0 Å². The van der Waals surface area contributed by atoms with E-state index >= 15 is 0 Å². The zero-order chi connectivity index (χ0) is 15.9. The lowest BCUT2D eigenvalue weighted by atomic mass is 9.94. The van der Waals surface area contributed by atoms with Crippen LogP contribution < -0.4 is 10.1 Å². The third kappa shape index (κ3) is 4.15. The van der Waals surface area contributed by atoms with E-state index in [2.05, 4.69) is 5.32 Å². The molecule has 6 heteroatoms. The first kappa shape index (κ1) is 17.1. The summed E-state index contributed by atoms with van der Waals surface area (Å²) < 4.78 is 16.0. The molecule has 1 fully saturated rings. The molecule has 1 aromatic rings. The van der Waals surface area contributed by atoms with Crippen molar-refractivity contribution in [1.29, 1.82) is 0 Å². The van der Waals surface area contributed by atoms with Crippen LogP contribution in [-0.4, -0.2) is 51.0 Å². The van der Waals surface area contributed by atoms with Gasteiger partial charge in [-0.05, 0) is 24.3 Å². The normalized spacial score (nSPS) is 20.0. The standard InChI is InChI=1S/C16H23NO4S/c1-19-12-6-4-11(5-7-12)17-15(16(20-2)21-3)13-10-22-9-8-14(13)18/h4-7,13,15-17H,8-10H2,1-3H3/t13-,15+/m1/s1. The lowest BCUT2D eigenvalue weighted by Crippen LogP contribution is -2.47. The zero-order valence-electron chi connectivity index (χ0n) is 13.2. The van der Waals surface area contributed by atoms with Crippen molar-refractivity contribution in [2.24, 2.45) is 5.92 Å². The summed E-state index contributed by atoms with van der Waals surface area (Å²) in [6.45, 7) is 0. The highest BCUT2D eigenvalue weighted by molar-refractivity contribution is 7.99. The minimum Gasteiger partial charge on any atom is -0.497 e. The molecule has 1 aliphatic rings. The SMILES string of the molecule is COc1ccc(N[C@H](C(OC)OC)[C@@H]2CSCCC2=O)cc1. The number of anilines is 1. The molecule has 0 unspecified atom stereocenters. The molecule has 1 saturated heterocycles. The molecule has 0 aliphatic carbocycles. The van der Waals surface area contributed by atoms with E-state index in [9.17, 15) is 4.79 Å². The highest BCUT2D eigenvalue weighted by Crippen LogP contribution is 2.28. The largest absolute Gasteiger partial charge is 0.497 e. The number of nitrogens with one attached hydrogen (secondary N) is 1. The summed E-state index contributed by atoms with van der Waals surface area (Å²) >= 11 is 1.80. The molecule has 2 atom stereocenters. The Bertz CT molecular complexity index is 476. The van der Waals surface area contributed by atoms with Crippen LogP contribution in [0.3, 0.4) is 0 Å². The second-order valence-corrected chi connectivity index (χ2v) is 6.29. The molecule has 0 aromatic heterocycles. The number of Topliss-reactive ketones (excluding diaryl/α,β-unsaturated/α-hetero) is 1. The molecule has 0 amide bonds. The van der Waals surface area contributed by atoms with Crippen molar-refractivity contribution in [2.75, 3.05) is 38.2 Å². The first-order chi connectivity index (χ1) is 10.7. The quantitative estimate of drug-likeness (QED) is 0.777. The van der Waals surface area contributed by atoms with Gasteiger partial charge in [-0.15, -0.1) is 0 Å². The van der Waals surface area contributed by atoms with Crippen LogP contribution >= 0.6 is 11.8 Å². The number of ether oxygens (including phenoxy) is 3. The van der Waals surface area contributed by atoms with E-state index in [0.717, 1.165) is 22.9 Å². The van der Waals surface area contributed by atoms with E-state index in [-0.39, 0.29) is 17.7 Å². The summed E-state index contributed by atoms with van der Waals surface area (Å²) in [7, 11) is 4.82. The van der Waals surface area contributed by atoms with Crippen LogP contribution in [0.4, 0.5) is 5.69 Å². The zero-order valence-corrected chi connectivity index (χ0v) is 14.0. The van der Waals surface area contributed by atoms with Gasteiger partial charge in [-0.25, -0.2) is 0 Å². The Morgan fingerprint density at radius 1 is 1.18 bits per heavy atom. The van der Waals surface area contributed by atoms with Crippen molar-refractivity contribution >= 4 is 23.2 Å². The van der Waals surface area contributed by atoms with E-state index in [1.807, 2.05) is 24.3 Å².